The summed E-state index contributed by atoms with van der Waals surface area (Å²) in [6, 6.07) is 10.5. The molecule has 2 atom stereocenters. The van der Waals surface area contributed by atoms with Crippen molar-refractivity contribution in [1.82, 2.24) is 10.3 Å². The summed E-state index contributed by atoms with van der Waals surface area (Å²) in [7, 11) is 0. The molecule has 1 aliphatic carbocycles. The number of carbonyl (C=O) groups excluding carboxylic acids is 3. The van der Waals surface area contributed by atoms with Crippen LogP contribution in [0.15, 0.2) is 60.8 Å². The molecule has 0 radical (unpaired) electrons. The lowest BCUT2D eigenvalue weighted by Crippen LogP contribution is -2.49. The molecule has 45 heavy (non-hydrogen) atoms. The van der Waals surface area contributed by atoms with Gasteiger partial charge in [-0.15, -0.1) is 0 Å². The largest absolute Gasteiger partial charge is 0.351 e. The molecule has 5 rings (SSSR count). The van der Waals surface area contributed by atoms with Gasteiger partial charge in [-0.2, -0.15) is 5.26 Å². The van der Waals surface area contributed by atoms with Crippen molar-refractivity contribution in [3.8, 4) is 6.07 Å². The number of nitrogens with one attached hydrogen (secondary N) is 1. The topological polar surface area (TPSA) is 106 Å². The Morgan fingerprint density at radius 2 is 1.78 bits per heavy atom. The number of amides is 3. The van der Waals surface area contributed by atoms with Gasteiger partial charge < -0.3 is 5.32 Å². The standard InChI is InChI=1S/C32H28ClF4N5O3/c33-26-4-2-1-3-25(26)30(31(45)40-22-7-10-32(36,37)11-8-22)42(24-15-20(34)14-21(35)16-24)29(44)17-23-5-6-28(43)41(23)27-13-19(18-38)9-12-39-27/h1-4,9,12-16,22-23,30H,5-8,10-11,17H2,(H,40,45)/t23-,30-/m0/s1. The molecule has 0 bridgehead atoms. The predicted octanol–water partition coefficient (Wildman–Crippen LogP) is 6.24. The van der Waals surface area contributed by atoms with E-state index in [9.17, 15) is 37.2 Å². The summed E-state index contributed by atoms with van der Waals surface area (Å²) >= 11 is 6.51. The average molecular weight is 642 g/mol. The monoisotopic (exact) mass is 641 g/mol. The number of anilines is 2. The highest BCUT2D eigenvalue weighted by atomic mass is 35.5. The van der Waals surface area contributed by atoms with Gasteiger partial charge in [0.15, 0.2) is 0 Å². The van der Waals surface area contributed by atoms with Crippen molar-refractivity contribution in [2.24, 2.45) is 0 Å². The number of aromatic nitrogens is 1. The van der Waals surface area contributed by atoms with Gasteiger partial charge in [-0.1, -0.05) is 29.8 Å². The second kappa shape index (κ2) is 13.2. The first-order valence-electron chi connectivity index (χ1n) is 14.3. The maximum Gasteiger partial charge on any atom is 0.248 e. The lowest BCUT2D eigenvalue weighted by atomic mass is 9.91. The van der Waals surface area contributed by atoms with Crippen LogP contribution in [0.5, 0.6) is 0 Å². The van der Waals surface area contributed by atoms with Crippen LogP contribution in [0.25, 0.3) is 0 Å². The van der Waals surface area contributed by atoms with E-state index >= 15 is 0 Å². The Bertz CT molecular complexity index is 1640. The van der Waals surface area contributed by atoms with Crippen molar-refractivity contribution < 1.29 is 31.9 Å². The van der Waals surface area contributed by atoms with Crippen molar-refractivity contribution in [2.45, 2.75) is 69.0 Å². The van der Waals surface area contributed by atoms with E-state index in [1.54, 1.807) is 12.1 Å². The molecule has 8 nitrogen and oxygen atoms in total. The van der Waals surface area contributed by atoms with Crippen molar-refractivity contribution in [3.63, 3.8) is 0 Å². The molecule has 3 amide bonds. The molecule has 2 aromatic carbocycles. The van der Waals surface area contributed by atoms with Gasteiger partial charge >= 0.3 is 0 Å². The Labute approximate surface area is 261 Å². The molecule has 1 aromatic heterocycles. The van der Waals surface area contributed by atoms with Crippen LogP contribution in [0.3, 0.4) is 0 Å². The summed E-state index contributed by atoms with van der Waals surface area (Å²) in [5.74, 6) is -6.59. The van der Waals surface area contributed by atoms with Crippen molar-refractivity contribution in [3.05, 3.63) is 88.6 Å². The van der Waals surface area contributed by atoms with E-state index in [2.05, 4.69) is 10.3 Å². The smallest absolute Gasteiger partial charge is 0.248 e. The van der Waals surface area contributed by atoms with Gasteiger partial charge in [0.2, 0.25) is 23.6 Å². The molecule has 3 aromatic rings. The van der Waals surface area contributed by atoms with Crippen LogP contribution in [0, 0.1) is 23.0 Å². The Balaban J connectivity index is 1.54. The highest BCUT2D eigenvalue weighted by molar-refractivity contribution is 6.31. The number of alkyl halides is 2. The van der Waals surface area contributed by atoms with Gasteiger partial charge in [0, 0.05) is 60.6 Å². The molecular formula is C32H28ClF4N5O3. The average Bonchev–Trinajstić information content (AvgIpc) is 3.36. The third-order valence-electron chi connectivity index (χ3n) is 8.02. The van der Waals surface area contributed by atoms with Crippen LogP contribution in [0.4, 0.5) is 29.1 Å². The second-order valence-electron chi connectivity index (χ2n) is 11.1. The van der Waals surface area contributed by atoms with Crippen molar-refractivity contribution >= 4 is 40.8 Å². The van der Waals surface area contributed by atoms with Gasteiger partial charge in [0.05, 0.1) is 17.3 Å². The van der Waals surface area contributed by atoms with E-state index in [1.165, 1.54) is 35.4 Å². The third-order valence-corrected chi connectivity index (χ3v) is 8.37. The quantitative estimate of drug-likeness (QED) is 0.293. The van der Waals surface area contributed by atoms with Crippen LogP contribution in [-0.2, 0) is 14.4 Å². The number of rotatable bonds is 8. The Morgan fingerprint density at radius 3 is 2.44 bits per heavy atom. The molecule has 2 heterocycles. The molecule has 1 aliphatic heterocycles. The van der Waals surface area contributed by atoms with Crippen molar-refractivity contribution in [2.75, 3.05) is 9.80 Å². The molecule has 1 saturated carbocycles. The van der Waals surface area contributed by atoms with Gasteiger partial charge in [-0.3, -0.25) is 24.2 Å². The first-order chi connectivity index (χ1) is 21.5. The number of nitriles is 1. The minimum absolute atomic E-state index is 0.00950. The zero-order valence-electron chi connectivity index (χ0n) is 23.9. The Kier molecular flexibility index (Phi) is 9.39. The third kappa shape index (κ3) is 7.26. The van der Waals surface area contributed by atoms with Gasteiger partial charge in [-0.05, 0) is 49.6 Å². The molecule has 2 aliphatic rings. The molecule has 13 heteroatoms. The zero-order valence-corrected chi connectivity index (χ0v) is 24.6. The van der Waals surface area contributed by atoms with Crippen LogP contribution in [0.2, 0.25) is 5.02 Å². The maximum atomic E-state index is 14.6. The number of pyridine rings is 1. The van der Waals surface area contributed by atoms with E-state index in [1.807, 2.05) is 6.07 Å². The van der Waals surface area contributed by atoms with Crippen LogP contribution in [0.1, 0.15) is 62.1 Å². The summed E-state index contributed by atoms with van der Waals surface area (Å²) in [4.78, 5) is 47.6. The summed E-state index contributed by atoms with van der Waals surface area (Å²) in [6.45, 7) is 0. The molecule has 234 valence electrons. The molecule has 0 unspecified atom stereocenters. The second-order valence-corrected chi connectivity index (χ2v) is 11.5. The van der Waals surface area contributed by atoms with E-state index in [0.717, 1.165) is 17.0 Å². The SMILES string of the molecule is N#Cc1ccnc(N2C(=O)CC[C@H]2CC(=O)N(c2cc(F)cc(F)c2)[C@H](C(=O)NC2CCC(F)(F)CC2)c2ccccc2Cl)c1. The van der Waals surface area contributed by atoms with Crippen LogP contribution >= 0.6 is 11.6 Å². The minimum Gasteiger partial charge on any atom is -0.351 e. The number of halogens is 5. The normalized spacial score (nSPS) is 18.7. The number of hydrogen-bond donors (Lipinski definition) is 1. The number of hydrogen-bond acceptors (Lipinski definition) is 5. The molecular weight excluding hydrogens is 614 g/mol. The molecule has 2 fully saturated rings. The Morgan fingerprint density at radius 1 is 1.09 bits per heavy atom. The summed E-state index contributed by atoms with van der Waals surface area (Å²) in [5, 5.41) is 12.2. The van der Waals surface area contributed by atoms with Crippen molar-refractivity contribution in [1.29, 1.82) is 5.26 Å². The highest BCUT2D eigenvalue weighted by Gasteiger charge is 2.41. The first kappa shape index (κ1) is 31.9. The Hall–Kier alpha value is -4.50. The fourth-order valence-corrected chi connectivity index (χ4v) is 6.08. The number of benzene rings is 2. The van der Waals surface area contributed by atoms with Gasteiger partial charge in [-0.25, -0.2) is 22.5 Å². The summed E-state index contributed by atoms with van der Waals surface area (Å²) < 4.78 is 56.9. The lowest BCUT2D eigenvalue weighted by Gasteiger charge is -2.35. The predicted molar refractivity (Wildman–Crippen MR) is 157 cm³/mol. The number of carbonyl (C=O) groups is 3. The summed E-state index contributed by atoms with van der Waals surface area (Å²) in [6.07, 6.45) is 0.400. The fourth-order valence-electron chi connectivity index (χ4n) is 5.85. The van der Waals surface area contributed by atoms with Crippen LogP contribution in [-0.4, -0.2) is 40.7 Å². The molecule has 1 saturated heterocycles. The first-order valence-corrected chi connectivity index (χ1v) is 14.7. The van der Waals surface area contributed by atoms with E-state index in [0.29, 0.717) is 6.07 Å². The highest BCUT2D eigenvalue weighted by Crippen LogP contribution is 2.37. The molecule has 0 spiro atoms. The van der Waals surface area contributed by atoms with Gasteiger partial charge in [0.1, 0.15) is 23.5 Å². The lowest BCUT2D eigenvalue weighted by molar-refractivity contribution is -0.128. The van der Waals surface area contributed by atoms with E-state index in [-0.39, 0.29) is 65.7 Å². The van der Waals surface area contributed by atoms with E-state index in [4.69, 9.17) is 11.6 Å². The van der Waals surface area contributed by atoms with E-state index < -0.39 is 60.3 Å². The zero-order chi connectivity index (χ0) is 32.3. The molecule has 1 N–H and O–H groups in total. The minimum atomic E-state index is -2.85. The van der Waals surface area contributed by atoms with Gasteiger partial charge in [0.25, 0.3) is 0 Å². The maximum absolute atomic E-state index is 14.6. The fraction of sp³-hybridized carbons (Fsp3) is 0.344. The van der Waals surface area contributed by atoms with Crippen LogP contribution < -0.4 is 15.1 Å². The number of nitrogens with zero attached hydrogens (tertiary/aromatic N) is 4. The summed E-state index contributed by atoms with van der Waals surface area (Å²) in [5.41, 5.74) is 0.101.